The third-order valence-corrected chi connectivity index (χ3v) is 4.57. The van der Waals surface area contributed by atoms with Gasteiger partial charge in [0.15, 0.2) is 0 Å². The molecule has 3 atom stereocenters. The maximum atomic E-state index is 12.7. The molecule has 3 unspecified atom stereocenters. The van der Waals surface area contributed by atoms with Crippen LogP contribution in [-0.2, 0) is 19.2 Å². The number of nitrogens with two attached hydrogens (primary N) is 1. The molecule has 27 heavy (non-hydrogen) atoms. The van der Waals surface area contributed by atoms with Crippen LogP contribution in [0.5, 0.6) is 0 Å². The smallest absolute Gasteiger partial charge is 0.322 e. The van der Waals surface area contributed by atoms with E-state index in [1.807, 2.05) is 6.26 Å². The van der Waals surface area contributed by atoms with Crippen LogP contribution in [0.4, 0.5) is 0 Å². The summed E-state index contributed by atoms with van der Waals surface area (Å²) in [5.41, 5.74) is 5.83. The summed E-state index contributed by atoms with van der Waals surface area (Å²) < 4.78 is 0. The number of carbonyl (C=O) groups excluding carboxylic acids is 3. The molecule has 0 aromatic heterocycles. The van der Waals surface area contributed by atoms with E-state index in [0.717, 1.165) is 0 Å². The second-order valence-corrected chi connectivity index (χ2v) is 7.94. The zero-order valence-corrected chi connectivity index (χ0v) is 17.4. The molecule has 3 amide bonds. The summed E-state index contributed by atoms with van der Waals surface area (Å²) in [6.45, 7) is 6.62. The normalized spacial score (nSPS) is 14.4. The monoisotopic (exact) mass is 404 g/mol. The molecule has 9 nitrogen and oxygen atoms in total. The average Bonchev–Trinajstić information content (AvgIpc) is 2.59. The van der Waals surface area contributed by atoms with Gasteiger partial charge < -0.3 is 26.8 Å². The van der Waals surface area contributed by atoms with Crippen LogP contribution in [0, 0.1) is 11.8 Å². The lowest BCUT2D eigenvalue weighted by Crippen LogP contribution is -2.58. The molecule has 0 spiro atoms. The fraction of sp³-hybridized carbons (Fsp3) is 0.765. The Kier molecular flexibility index (Phi) is 11.7. The Morgan fingerprint density at radius 3 is 2.00 bits per heavy atom. The molecule has 0 aliphatic rings. The number of rotatable bonds is 12. The van der Waals surface area contributed by atoms with Crippen molar-refractivity contribution in [2.24, 2.45) is 17.6 Å². The Labute approximate surface area is 164 Å². The van der Waals surface area contributed by atoms with Crippen molar-refractivity contribution in [2.75, 3.05) is 18.6 Å². The lowest BCUT2D eigenvalue weighted by Gasteiger charge is -2.26. The Bertz CT molecular complexity index is 527. The molecule has 0 saturated carbocycles. The summed E-state index contributed by atoms with van der Waals surface area (Å²) in [5.74, 6) is -2.40. The fourth-order valence-corrected chi connectivity index (χ4v) is 2.61. The van der Waals surface area contributed by atoms with Gasteiger partial charge in [-0.05, 0) is 30.3 Å². The summed E-state index contributed by atoms with van der Waals surface area (Å²) in [6, 6.07) is -2.49. The van der Waals surface area contributed by atoms with Crippen LogP contribution in [0.1, 0.15) is 34.1 Å². The lowest BCUT2D eigenvalue weighted by atomic mass is 10.00. The number of hydrogen-bond donors (Lipinski definition) is 5. The van der Waals surface area contributed by atoms with Crippen molar-refractivity contribution in [3.8, 4) is 0 Å². The number of nitrogens with one attached hydrogen (secondary N) is 3. The minimum absolute atomic E-state index is 0.0861. The van der Waals surface area contributed by atoms with Gasteiger partial charge in [0.05, 0.1) is 6.04 Å². The second kappa shape index (κ2) is 12.6. The van der Waals surface area contributed by atoms with E-state index in [1.165, 1.54) is 11.8 Å². The van der Waals surface area contributed by atoms with Crippen molar-refractivity contribution in [1.82, 2.24) is 16.0 Å². The van der Waals surface area contributed by atoms with Crippen molar-refractivity contribution in [3.63, 3.8) is 0 Å². The van der Waals surface area contributed by atoms with Gasteiger partial charge in [-0.25, -0.2) is 0 Å². The minimum atomic E-state index is -1.17. The van der Waals surface area contributed by atoms with Gasteiger partial charge in [-0.3, -0.25) is 19.2 Å². The lowest BCUT2D eigenvalue weighted by molar-refractivity contribution is -0.138. The Morgan fingerprint density at radius 1 is 0.963 bits per heavy atom. The molecule has 0 fully saturated rings. The van der Waals surface area contributed by atoms with E-state index in [4.69, 9.17) is 10.8 Å². The molecule has 0 rings (SSSR count). The molecule has 0 radical (unpaired) electrons. The molecule has 0 aromatic rings. The number of thioether (sulfide) groups is 1. The van der Waals surface area contributed by atoms with Crippen LogP contribution in [0.3, 0.4) is 0 Å². The van der Waals surface area contributed by atoms with E-state index < -0.39 is 48.4 Å². The molecule has 0 aliphatic heterocycles. The summed E-state index contributed by atoms with van der Waals surface area (Å²) in [7, 11) is 0. The van der Waals surface area contributed by atoms with Gasteiger partial charge in [0.25, 0.3) is 0 Å². The number of carboxylic acid groups (broad SMARTS) is 1. The summed E-state index contributed by atoms with van der Waals surface area (Å²) in [6.07, 6.45) is 2.20. The highest BCUT2D eigenvalue weighted by molar-refractivity contribution is 7.98. The molecular formula is C17H32N4O5S. The third-order valence-electron chi connectivity index (χ3n) is 3.93. The van der Waals surface area contributed by atoms with Crippen LogP contribution in [0.15, 0.2) is 0 Å². The first-order valence-electron chi connectivity index (χ1n) is 8.86. The van der Waals surface area contributed by atoms with Gasteiger partial charge >= 0.3 is 5.97 Å². The number of hydrogen-bond acceptors (Lipinski definition) is 6. The third kappa shape index (κ3) is 9.62. The van der Waals surface area contributed by atoms with Crippen molar-refractivity contribution < 1.29 is 24.3 Å². The highest BCUT2D eigenvalue weighted by Gasteiger charge is 2.30. The number of carbonyl (C=O) groups is 4. The van der Waals surface area contributed by atoms with Crippen molar-refractivity contribution in [2.45, 2.75) is 52.2 Å². The van der Waals surface area contributed by atoms with Crippen molar-refractivity contribution >= 4 is 35.5 Å². The highest BCUT2D eigenvalue weighted by Crippen LogP contribution is 2.07. The SMILES string of the molecule is CSCCC(NC(=O)C(NC(=O)C(N)C(C)C)C(C)C)C(=O)NCC(=O)O. The van der Waals surface area contributed by atoms with Crippen LogP contribution in [0.2, 0.25) is 0 Å². The zero-order chi connectivity index (χ0) is 21.1. The van der Waals surface area contributed by atoms with Crippen LogP contribution < -0.4 is 21.7 Å². The molecule has 0 aromatic carbocycles. The van der Waals surface area contributed by atoms with Gasteiger partial charge in [-0.2, -0.15) is 11.8 Å². The molecule has 0 bridgehead atoms. The number of carboxylic acids is 1. The molecule has 0 saturated heterocycles. The largest absolute Gasteiger partial charge is 0.480 e. The predicted octanol–water partition coefficient (Wildman–Crippen LogP) is -0.451. The van der Waals surface area contributed by atoms with Crippen molar-refractivity contribution in [3.05, 3.63) is 0 Å². The minimum Gasteiger partial charge on any atom is -0.480 e. The Morgan fingerprint density at radius 2 is 1.56 bits per heavy atom. The van der Waals surface area contributed by atoms with Gasteiger partial charge in [0.1, 0.15) is 18.6 Å². The van der Waals surface area contributed by atoms with Gasteiger partial charge in [0.2, 0.25) is 17.7 Å². The number of amides is 3. The Hall–Kier alpha value is -1.81. The Balaban J connectivity index is 5.12. The number of aliphatic carboxylic acids is 1. The topological polar surface area (TPSA) is 151 Å². The summed E-state index contributed by atoms with van der Waals surface area (Å²) in [5, 5.41) is 16.2. The van der Waals surface area contributed by atoms with E-state index in [9.17, 15) is 19.2 Å². The zero-order valence-electron chi connectivity index (χ0n) is 16.6. The highest BCUT2D eigenvalue weighted by atomic mass is 32.2. The molecule has 0 heterocycles. The first-order valence-corrected chi connectivity index (χ1v) is 10.2. The second-order valence-electron chi connectivity index (χ2n) is 6.95. The molecule has 0 aliphatic carbocycles. The van der Waals surface area contributed by atoms with Crippen molar-refractivity contribution in [1.29, 1.82) is 0 Å². The van der Waals surface area contributed by atoms with E-state index in [1.54, 1.807) is 27.7 Å². The van der Waals surface area contributed by atoms with Crippen LogP contribution in [-0.4, -0.2) is 65.5 Å². The van der Waals surface area contributed by atoms with Gasteiger partial charge in [-0.15, -0.1) is 0 Å². The average molecular weight is 405 g/mol. The maximum absolute atomic E-state index is 12.7. The summed E-state index contributed by atoms with van der Waals surface area (Å²) in [4.78, 5) is 47.7. The van der Waals surface area contributed by atoms with Gasteiger partial charge in [-0.1, -0.05) is 27.7 Å². The summed E-state index contributed by atoms with van der Waals surface area (Å²) >= 11 is 1.50. The van der Waals surface area contributed by atoms with Crippen LogP contribution >= 0.6 is 11.8 Å². The van der Waals surface area contributed by atoms with E-state index >= 15 is 0 Å². The predicted molar refractivity (Wildman–Crippen MR) is 105 cm³/mol. The molecule has 10 heteroatoms. The fourth-order valence-electron chi connectivity index (χ4n) is 2.14. The van der Waals surface area contributed by atoms with Crippen LogP contribution in [0.25, 0.3) is 0 Å². The van der Waals surface area contributed by atoms with Gasteiger partial charge in [0, 0.05) is 0 Å². The standard InChI is InChI=1S/C17H32N4O5S/c1-9(2)13(18)16(25)21-14(10(3)4)17(26)20-11(6-7-27-5)15(24)19-8-12(22)23/h9-11,13-14H,6-8,18H2,1-5H3,(H,19,24)(H,20,26)(H,21,25)(H,22,23). The maximum Gasteiger partial charge on any atom is 0.322 e. The molecular weight excluding hydrogens is 372 g/mol. The quantitative estimate of drug-likeness (QED) is 0.295. The molecule has 6 N–H and O–H groups in total. The van der Waals surface area contributed by atoms with E-state index in [0.29, 0.717) is 12.2 Å². The first kappa shape index (κ1) is 25.2. The van der Waals surface area contributed by atoms with E-state index in [2.05, 4.69) is 16.0 Å². The first-order chi connectivity index (χ1) is 12.5. The molecule has 156 valence electrons. The van der Waals surface area contributed by atoms with E-state index in [-0.39, 0.29) is 11.8 Å².